The summed E-state index contributed by atoms with van der Waals surface area (Å²) >= 11 is 0. The number of aromatic nitrogens is 2. The Balaban J connectivity index is 1.37. The van der Waals surface area contributed by atoms with Crippen molar-refractivity contribution in [2.75, 3.05) is 0 Å². The van der Waals surface area contributed by atoms with Gasteiger partial charge in [-0.2, -0.15) is 0 Å². The molecule has 0 saturated carbocycles. The minimum absolute atomic E-state index is 0.0834. The second-order valence-electron chi connectivity index (χ2n) is 17.6. The molecule has 0 saturated heterocycles. The van der Waals surface area contributed by atoms with Crippen molar-refractivity contribution in [2.24, 2.45) is 0 Å². The molecule has 11 rings (SSSR count). The third-order valence-electron chi connectivity index (χ3n) is 13.4. The number of rotatable bonds is 2. The van der Waals surface area contributed by atoms with Crippen LogP contribution < -0.4 is 0 Å². The van der Waals surface area contributed by atoms with E-state index in [2.05, 4.69) is 184 Å². The van der Waals surface area contributed by atoms with Crippen LogP contribution in [0.5, 0.6) is 0 Å². The third kappa shape index (κ3) is 4.04. The Hall–Kier alpha value is -5.60. The van der Waals surface area contributed by atoms with Crippen LogP contribution in [0, 0.1) is 0 Å². The summed E-state index contributed by atoms with van der Waals surface area (Å²) in [5, 5.41) is 7.85. The zero-order chi connectivity index (χ0) is 36.0. The Morgan fingerprint density at radius 3 is 1.89 bits per heavy atom. The number of hydrogen-bond acceptors (Lipinski definition) is 0. The third-order valence-corrected chi connectivity index (χ3v) is 13.4. The highest BCUT2D eigenvalue weighted by molar-refractivity contribution is 6.25. The Kier molecular flexibility index (Phi) is 6.01. The van der Waals surface area contributed by atoms with E-state index in [1.807, 2.05) is 0 Å². The molecule has 9 aromatic rings. The fourth-order valence-electron chi connectivity index (χ4n) is 10.4. The number of fused-ring (bicyclic) bond motifs is 12. The molecule has 2 heteroatoms. The van der Waals surface area contributed by atoms with Gasteiger partial charge in [0.25, 0.3) is 0 Å². The molecule has 7 aromatic carbocycles. The highest BCUT2D eigenvalue weighted by atomic mass is 15.0. The van der Waals surface area contributed by atoms with E-state index in [1.54, 1.807) is 0 Å². The lowest BCUT2D eigenvalue weighted by molar-refractivity contribution is 0.332. The molecule has 0 fully saturated rings. The average Bonchev–Trinajstić information content (AvgIpc) is 3.75. The monoisotopic (exact) mass is 684 g/mol. The largest absolute Gasteiger partial charge is 0.309 e. The Morgan fingerprint density at radius 1 is 0.434 bits per heavy atom. The molecule has 0 spiro atoms. The maximum absolute atomic E-state index is 2.63. The number of hydrogen-bond donors (Lipinski definition) is 0. The van der Waals surface area contributed by atoms with Gasteiger partial charge in [0.1, 0.15) is 0 Å². The summed E-state index contributed by atoms with van der Waals surface area (Å²) in [6, 6.07) is 50.7. The van der Waals surface area contributed by atoms with Gasteiger partial charge in [0.2, 0.25) is 0 Å². The van der Waals surface area contributed by atoms with Gasteiger partial charge in [0, 0.05) is 38.2 Å². The second-order valence-corrected chi connectivity index (χ2v) is 17.6. The first-order valence-corrected chi connectivity index (χ1v) is 19.3. The van der Waals surface area contributed by atoms with Gasteiger partial charge in [-0.05, 0) is 111 Å². The molecule has 2 aromatic heterocycles. The molecular weight excluding hydrogens is 641 g/mol. The van der Waals surface area contributed by atoms with E-state index in [4.69, 9.17) is 0 Å². The second kappa shape index (κ2) is 10.3. The summed E-state index contributed by atoms with van der Waals surface area (Å²) < 4.78 is 5.12. The van der Waals surface area contributed by atoms with Crippen LogP contribution in [0.4, 0.5) is 0 Å². The van der Waals surface area contributed by atoms with Crippen LogP contribution in [0.1, 0.15) is 76.6 Å². The zero-order valence-electron chi connectivity index (χ0n) is 31.5. The van der Waals surface area contributed by atoms with Gasteiger partial charge in [-0.3, -0.25) is 0 Å². The van der Waals surface area contributed by atoms with E-state index in [9.17, 15) is 0 Å². The molecule has 2 heterocycles. The van der Waals surface area contributed by atoms with E-state index in [-0.39, 0.29) is 16.2 Å². The zero-order valence-corrected chi connectivity index (χ0v) is 31.5. The topological polar surface area (TPSA) is 9.86 Å². The first kappa shape index (κ1) is 31.0. The molecule has 2 aliphatic rings. The molecule has 2 nitrogen and oxygen atoms in total. The number of benzene rings is 7. The van der Waals surface area contributed by atoms with Gasteiger partial charge in [0.05, 0.1) is 27.8 Å². The highest BCUT2D eigenvalue weighted by Crippen LogP contribution is 2.53. The molecular formula is C51H44N2. The maximum atomic E-state index is 2.63. The van der Waals surface area contributed by atoms with Crippen molar-refractivity contribution in [1.29, 1.82) is 0 Å². The number of para-hydroxylation sites is 1. The molecule has 2 aliphatic carbocycles. The maximum Gasteiger partial charge on any atom is 0.0562 e. The Labute approximate surface area is 311 Å². The van der Waals surface area contributed by atoms with E-state index in [0.717, 1.165) is 0 Å². The van der Waals surface area contributed by atoms with Crippen molar-refractivity contribution in [3.8, 4) is 22.5 Å². The van der Waals surface area contributed by atoms with E-state index in [1.165, 1.54) is 112 Å². The predicted octanol–water partition coefficient (Wildman–Crippen LogP) is 13.7. The van der Waals surface area contributed by atoms with Crippen molar-refractivity contribution in [3.63, 3.8) is 0 Å². The van der Waals surface area contributed by atoms with Crippen molar-refractivity contribution in [1.82, 2.24) is 9.13 Å². The molecule has 0 N–H and O–H groups in total. The van der Waals surface area contributed by atoms with E-state index in [0.29, 0.717) is 0 Å². The molecule has 53 heavy (non-hydrogen) atoms. The minimum Gasteiger partial charge on any atom is -0.309 e. The van der Waals surface area contributed by atoms with Gasteiger partial charge < -0.3 is 9.13 Å². The first-order valence-electron chi connectivity index (χ1n) is 19.3. The van der Waals surface area contributed by atoms with Crippen molar-refractivity contribution >= 4 is 54.4 Å². The summed E-state index contributed by atoms with van der Waals surface area (Å²) in [5.74, 6) is 0. The Bertz CT molecular complexity index is 3020. The van der Waals surface area contributed by atoms with E-state index >= 15 is 0 Å². The van der Waals surface area contributed by atoms with Crippen LogP contribution in [0.2, 0.25) is 0 Å². The number of nitrogens with zero attached hydrogens (tertiary/aromatic N) is 2. The summed E-state index contributed by atoms with van der Waals surface area (Å²) in [5.41, 5.74) is 16.1. The lowest BCUT2D eigenvalue weighted by Crippen LogP contribution is -2.33. The van der Waals surface area contributed by atoms with Gasteiger partial charge in [-0.1, -0.05) is 126 Å². The highest BCUT2D eigenvalue weighted by Gasteiger charge is 2.40. The molecule has 258 valence electrons. The molecule has 0 bridgehead atoms. The van der Waals surface area contributed by atoms with Gasteiger partial charge >= 0.3 is 0 Å². The van der Waals surface area contributed by atoms with Crippen molar-refractivity contribution in [2.45, 2.75) is 70.6 Å². The molecule has 0 atom stereocenters. The standard InChI is InChI=1S/C51H44N2/c1-49(2)25-26-50(3,4)41-29-44-36(28-40(41)49)35-27-37-46(52(32-16-8-7-9-17-32)43-24-23-31-15-10-11-18-33(31)47(37)43)30-45(35)53(44)42-22-14-21-39-48(42)34-19-12-13-20-38(34)51(39,5)6/h7-24,27-30H,25-26H2,1-6H3. The normalized spacial score (nSPS) is 16.8. The van der Waals surface area contributed by atoms with Crippen LogP contribution in [0.25, 0.3) is 76.9 Å². The van der Waals surface area contributed by atoms with Gasteiger partial charge in [0.15, 0.2) is 0 Å². The summed E-state index contributed by atoms with van der Waals surface area (Å²) in [4.78, 5) is 0. The Morgan fingerprint density at radius 2 is 1.08 bits per heavy atom. The SMILES string of the molecule is CC1(C)CCC(C)(C)c2cc3c(cc21)c1cc2c4c5ccccc5ccc4n(-c4ccccc4)c2cc1n3-c1cccc2c1-c1ccccc1C2(C)C. The lowest BCUT2D eigenvalue weighted by atomic mass is 9.63. The summed E-state index contributed by atoms with van der Waals surface area (Å²) in [6.45, 7) is 14.6. The smallest absolute Gasteiger partial charge is 0.0562 e. The minimum atomic E-state index is -0.0834. The van der Waals surface area contributed by atoms with Crippen LogP contribution >= 0.6 is 0 Å². The van der Waals surface area contributed by atoms with Crippen LogP contribution in [-0.2, 0) is 16.2 Å². The fraction of sp³-hybridized carbons (Fsp3) is 0.216. The molecule has 0 radical (unpaired) electrons. The average molecular weight is 685 g/mol. The molecule has 0 amide bonds. The molecule has 0 unspecified atom stereocenters. The van der Waals surface area contributed by atoms with Gasteiger partial charge in [-0.25, -0.2) is 0 Å². The van der Waals surface area contributed by atoms with E-state index < -0.39 is 0 Å². The lowest BCUT2D eigenvalue weighted by Gasteiger charge is -2.42. The van der Waals surface area contributed by atoms with Crippen LogP contribution in [-0.4, -0.2) is 9.13 Å². The van der Waals surface area contributed by atoms with Crippen molar-refractivity contribution < 1.29 is 0 Å². The summed E-state index contributed by atoms with van der Waals surface area (Å²) in [7, 11) is 0. The van der Waals surface area contributed by atoms with Crippen molar-refractivity contribution in [3.05, 3.63) is 156 Å². The first-order chi connectivity index (χ1) is 25.5. The quantitative estimate of drug-likeness (QED) is 0.172. The molecule has 0 aliphatic heterocycles. The van der Waals surface area contributed by atoms with Gasteiger partial charge in [-0.15, -0.1) is 0 Å². The predicted molar refractivity (Wildman–Crippen MR) is 225 cm³/mol. The fourth-order valence-corrected chi connectivity index (χ4v) is 10.4. The summed E-state index contributed by atoms with van der Waals surface area (Å²) in [6.07, 6.45) is 2.38. The van der Waals surface area contributed by atoms with Crippen LogP contribution in [0.15, 0.2) is 133 Å². The van der Waals surface area contributed by atoms with Crippen LogP contribution in [0.3, 0.4) is 0 Å².